The fourth-order valence-electron chi connectivity index (χ4n) is 1.49. The van der Waals surface area contributed by atoms with Gasteiger partial charge in [-0.1, -0.05) is 0 Å². The summed E-state index contributed by atoms with van der Waals surface area (Å²) in [5.74, 6) is 5.10. The van der Waals surface area contributed by atoms with Crippen molar-refractivity contribution >= 4 is 23.2 Å². The lowest BCUT2D eigenvalue weighted by Gasteiger charge is -2.15. The molecule has 1 aromatic rings. The minimum atomic E-state index is -0.707. The smallest absolute Gasteiger partial charge is 0.311 e. The maximum Gasteiger partial charge on any atom is 0.311 e. The number of carbonyl (C=O) groups excluding carboxylic acids is 1. The molecule has 1 heterocycles. The highest BCUT2D eigenvalue weighted by molar-refractivity contribution is 5.84. The Morgan fingerprint density at radius 3 is 2.86 bits per heavy atom. The van der Waals surface area contributed by atoms with Crippen LogP contribution in [-0.4, -0.2) is 42.1 Å². The van der Waals surface area contributed by atoms with Gasteiger partial charge in [0.15, 0.2) is 0 Å². The number of nitro groups is 1. The molecule has 21 heavy (non-hydrogen) atoms. The summed E-state index contributed by atoms with van der Waals surface area (Å²) >= 11 is 0. The molecule has 0 aromatic carbocycles. The number of ether oxygens (including phenoxy) is 1. The van der Waals surface area contributed by atoms with Crippen molar-refractivity contribution in [3.8, 4) is 0 Å². The summed E-state index contributed by atoms with van der Waals surface area (Å²) in [6.45, 7) is 2.29. The van der Waals surface area contributed by atoms with E-state index < -0.39 is 11.0 Å². The number of amides is 1. The second-order valence-electron chi connectivity index (χ2n) is 4.12. The number of nitrogens with two attached hydrogens (primary N) is 1. The van der Waals surface area contributed by atoms with Gasteiger partial charge >= 0.3 is 5.69 Å². The molecule has 116 valence electrons. The summed E-state index contributed by atoms with van der Waals surface area (Å²) in [5, 5.41) is 16.2. The number of carbonyl (C=O) groups is 1. The predicted octanol–water partition coefficient (Wildman–Crippen LogP) is -0.162. The Labute approximate surface area is 121 Å². The van der Waals surface area contributed by atoms with E-state index in [2.05, 4.69) is 21.0 Å². The third-order valence-electron chi connectivity index (χ3n) is 2.57. The number of nitrogens with zero attached hydrogens (tertiary/aromatic N) is 2. The van der Waals surface area contributed by atoms with E-state index in [4.69, 9.17) is 10.6 Å². The van der Waals surface area contributed by atoms with Crippen molar-refractivity contribution in [1.82, 2.24) is 10.3 Å². The summed E-state index contributed by atoms with van der Waals surface area (Å²) in [7, 11) is 1.52. The summed E-state index contributed by atoms with van der Waals surface area (Å²) in [6, 6.07) is 1.91. The van der Waals surface area contributed by atoms with Crippen LogP contribution in [0, 0.1) is 10.1 Å². The van der Waals surface area contributed by atoms with E-state index in [-0.39, 0.29) is 23.2 Å². The Kier molecular flexibility index (Phi) is 6.30. The fraction of sp³-hybridized carbons (Fsp3) is 0.455. The van der Waals surface area contributed by atoms with Crippen LogP contribution < -0.4 is 21.9 Å². The molecule has 0 spiro atoms. The summed E-state index contributed by atoms with van der Waals surface area (Å²) in [6.07, 6.45) is 0. The normalized spacial score (nSPS) is 11.6. The summed E-state index contributed by atoms with van der Waals surface area (Å²) in [4.78, 5) is 26.1. The Balaban J connectivity index is 2.80. The van der Waals surface area contributed by atoms with E-state index in [9.17, 15) is 14.9 Å². The van der Waals surface area contributed by atoms with E-state index in [0.717, 1.165) is 0 Å². The van der Waals surface area contributed by atoms with Gasteiger partial charge in [-0.2, -0.15) is 0 Å². The van der Waals surface area contributed by atoms with Crippen LogP contribution in [0.2, 0.25) is 0 Å². The highest BCUT2D eigenvalue weighted by Gasteiger charge is 2.20. The average molecular weight is 298 g/mol. The molecule has 10 nitrogen and oxygen atoms in total. The zero-order valence-corrected chi connectivity index (χ0v) is 11.8. The van der Waals surface area contributed by atoms with E-state index in [1.54, 1.807) is 6.92 Å². The molecule has 0 saturated carbocycles. The molecule has 0 aliphatic rings. The number of hydrazine groups is 1. The zero-order valence-electron chi connectivity index (χ0n) is 11.8. The third-order valence-corrected chi connectivity index (χ3v) is 2.57. The van der Waals surface area contributed by atoms with Gasteiger partial charge in [-0.25, -0.2) is 10.8 Å². The Morgan fingerprint density at radius 2 is 2.29 bits per heavy atom. The van der Waals surface area contributed by atoms with Gasteiger partial charge in [0, 0.05) is 19.7 Å². The van der Waals surface area contributed by atoms with Crippen molar-refractivity contribution < 1.29 is 14.5 Å². The Bertz CT molecular complexity index is 509. The number of methoxy groups -OCH3 is 1. The van der Waals surface area contributed by atoms with Gasteiger partial charge in [0.05, 0.1) is 11.5 Å². The van der Waals surface area contributed by atoms with Crippen molar-refractivity contribution in [2.24, 2.45) is 5.84 Å². The molecular formula is C11H18N6O4. The van der Waals surface area contributed by atoms with Crippen molar-refractivity contribution in [1.29, 1.82) is 0 Å². The van der Waals surface area contributed by atoms with E-state index in [1.807, 2.05) is 0 Å². The van der Waals surface area contributed by atoms with Crippen LogP contribution in [0.1, 0.15) is 6.92 Å². The monoisotopic (exact) mass is 298 g/mol. The van der Waals surface area contributed by atoms with E-state index in [1.165, 1.54) is 19.2 Å². The molecular weight excluding hydrogens is 280 g/mol. The lowest BCUT2D eigenvalue weighted by atomic mass is 10.3. The molecule has 5 N–H and O–H groups in total. The first-order valence-electron chi connectivity index (χ1n) is 6.14. The van der Waals surface area contributed by atoms with Gasteiger partial charge in [-0.3, -0.25) is 14.9 Å². The molecule has 0 fully saturated rings. The number of pyridine rings is 1. The lowest BCUT2D eigenvalue weighted by molar-refractivity contribution is -0.384. The Hall–Kier alpha value is -2.46. The van der Waals surface area contributed by atoms with Crippen LogP contribution in [0.25, 0.3) is 0 Å². The van der Waals surface area contributed by atoms with Crippen molar-refractivity contribution in [2.75, 3.05) is 31.0 Å². The highest BCUT2D eigenvalue weighted by atomic mass is 16.6. The molecule has 0 aliphatic heterocycles. The van der Waals surface area contributed by atoms with Crippen LogP contribution in [0.5, 0.6) is 0 Å². The third kappa shape index (κ3) is 4.85. The molecule has 0 bridgehead atoms. The van der Waals surface area contributed by atoms with Gasteiger partial charge in [0.2, 0.25) is 11.7 Å². The maximum absolute atomic E-state index is 11.8. The minimum Gasteiger partial charge on any atom is -0.383 e. The van der Waals surface area contributed by atoms with Crippen molar-refractivity contribution in [2.45, 2.75) is 13.0 Å². The number of nitrogen functional groups attached to an aromatic ring is 1. The molecule has 1 amide bonds. The SMILES string of the molecule is COCCNC(=O)C(C)Nc1nc(NN)ccc1[N+](=O)[O-]. The minimum absolute atomic E-state index is 0.0372. The molecule has 0 aliphatic carbocycles. The first-order valence-corrected chi connectivity index (χ1v) is 6.14. The van der Waals surface area contributed by atoms with Crippen molar-refractivity contribution in [3.63, 3.8) is 0 Å². The van der Waals surface area contributed by atoms with Crippen LogP contribution in [-0.2, 0) is 9.53 Å². The first kappa shape index (κ1) is 16.6. The largest absolute Gasteiger partial charge is 0.383 e. The van der Waals surface area contributed by atoms with E-state index >= 15 is 0 Å². The highest BCUT2D eigenvalue weighted by Crippen LogP contribution is 2.24. The maximum atomic E-state index is 11.8. The average Bonchev–Trinajstić information content (AvgIpc) is 2.46. The van der Waals surface area contributed by atoms with E-state index in [0.29, 0.717) is 13.2 Å². The van der Waals surface area contributed by atoms with Crippen LogP contribution >= 0.6 is 0 Å². The standard InChI is InChI=1S/C11H18N6O4/c1-7(11(18)13-5-6-21-2)14-10-8(17(19)20)3-4-9(15-10)16-12/h3-4,7H,5-6,12H2,1-2H3,(H,13,18)(H2,14,15,16). The quantitative estimate of drug-likeness (QED) is 0.224. The fourth-order valence-corrected chi connectivity index (χ4v) is 1.49. The molecule has 0 radical (unpaired) electrons. The predicted molar refractivity (Wildman–Crippen MR) is 76.7 cm³/mol. The Morgan fingerprint density at radius 1 is 1.57 bits per heavy atom. The van der Waals surface area contributed by atoms with Gasteiger partial charge in [-0.05, 0) is 13.0 Å². The molecule has 10 heteroatoms. The molecule has 1 atom stereocenters. The number of rotatable bonds is 8. The summed E-state index contributed by atoms with van der Waals surface area (Å²) in [5.41, 5.74) is 2.04. The topological polar surface area (TPSA) is 144 Å². The van der Waals surface area contributed by atoms with Crippen LogP contribution in [0.3, 0.4) is 0 Å². The van der Waals surface area contributed by atoms with Gasteiger partial charge in [0.1, 0.15) is 11.9 Å². The number of nitrogens with one attached hydrogen (secondary N) is 3. The summed E-state index contributed by atoms with van der Waals surface area (Å²) < 4.78 is 4.81. The number of anilines is 2. The van der Waals surface area contributed by atoms with Gasteiger partial charge in [0.25, 0.3) is 0 Å². The number of hydrogen-bond acceptors (Lipinski definition) is 8. The van der Waals surface area contributed by atoms with Crippen LogP contribution in [0.15, 0.2) is 12.1 Å². The second-order valence-corrected chi connectivity index (χ2v) is 4.12. The molecule has 1 rings (SSSR count). The zero-order chi connectivity index (χ0) is 15.8. The molecule has 1 aromatic heterocycles. The number of hydrogen-bond donors (Lipinski definition) is 4. The van der Waals surface area contributed by atoms with Gasteiger partial charge < -0.3 is 20.8 Å². The number of aromatic nitrogens is 1. The lowest BCUT2D eigenvalue weighted by Crippen LogP contribution is -2.39. The first-order chi connectivity index (χ1) is 9.99. The van der Waals surface area contributed by atoms with Crippen LogP contribution in [0.4, 0.5) is 17.3 Å². The molecule has 0 saturated heterocycles. The molecule has 1 unspecified atom stereocenters. The van der Waals surface area contributed by atoms with Gasteiger partial charge in [-0.15, -0.1) is 0 Å². The van der Waals surface area contributed by atoms with Crippen molar-refractivity contribution in [3.05, 3.63) is 22.2 Å². The second kappa shape index (κ2) is 7.97.